The molecule has 2 atom stereocenters. The number of carbonyl (C=O) groups is 1. The zero-order chi connectivity index (χ0) is 13.5. The Labute approximate surface area is 105 Å². The summed E-state index contributed by atoms with van der Waals surface area (Å²) < 4.78 is 0. The molecule has 1 aromatic heterocycles. The predicted octanol–water partition coefficient (Wildman–Crippen LogP) is -0.506. The quantitative estimate of drug-likeness (QED) is 0.548. The summed E-state index contributed by atoms with van der Waals surface area (Å²) in [5.74, 6) is -0.183. The highest BCUT2D eigenvalue weighted by Gasteiger charge is 2.19. The Balaban J connectivity index is 2.56. The third-order valence-electron chi connectivity index (χ3n) is 2.51. The molecule has 0 aromatic carbocycles. The van der Waals surface area contributed by atoms with Crippen molar-refractivity contribution in [3.63, 3.8) is 0 Å². The lowest BCUT2D eigenvalue weighted by Gasteiger charge is -2.17. The average Bonchev–Trinajstić information content (AvgIpc) is 2.37. The van der Waals surface area contributed by atoms with Gasteiger partial charge >= 0.3 is 0 Å². The molecule has 6 heteroatoms. The summed E-state index contributed by atoms with van der Waals surface area (Å²) in [6.07, 6.45) is -0.459. The molecular weight excluding hydrogens is 236 g/mol. The van der Waals surface area contributed by atoms with Crippen LogP contribution in [0.4, 0.5) is 0 Å². The van der Waals surface area contributed by atoms with Crippen molar-refractivity contribution < 1.29 is 20.1 Å². The summed E-state index contributed by atoms with van der Waals surface area (Å²) in [7, 11) is 0. The number of hydrogen-bond donors (Lipinski definition) is 4. The molecule has 1 heterocycles. The molecule has 2 unspecified atom stereocenters. The van der Waals surface area contributed by atoms with Crippen LogP contribution < -0.4 is 5.32 Å². The van der Waals surface area contributed by atoms with Gasteiger partial charge in [0, 0.05) is 19.7 Å². The fourth-order valence-electron chi connectivity index (χ4n) is 1.51. The SMILES string of the molecule is CC(=O)NCCC(O)C(O)c1cc(CO)ccn1. The van der Waals surface area contributed by atoms with Crippen molar-refractivity contribution >= 4 is 5.91 Å². The molecule has 18 heavy (non-hydrogen) atoms. The normalized spacial score (nSPS) is 14.0. The van der Waals surface area contributed by atoms with Crippen molar-refractivity contribution in [2.45, 2.75) is 32.2 Å². The number of aromatic nitrogens is 1. The number of rotatable bonds is 6. The molecule has 0 radical (unpaired) electrons. The lowest BCUT2D eigenvalue weighted by Crippen LogP contribution is -2.28. The highest BCUT2D eigenvalue weighted by molar-refractivity contribution is 5.72. The van der Waals surface area contributed by atoms with Crippen LogP contribution in [-0.4, -0.2) is 38.9 Å². The topological polar surface area (TPSA) is 103 Å². The lowest BCUT2D eigenvalue weighted by atomic mass is 10.1. The monoisotopic (exact) mass is 254 g/mol. The zero-order valence-corrected chi connectivity index (χ0v) is 10.2. The van der Waals surface area contributed by atoms with Gasteiger partial charge in [0.1, 0.15) is 6.10 Å². The summed E-state index contributed by atoms with van der Waals surface area (Å²) >= 11 is 0. The van der Waals surface area contributed by atoms with E-state index in [0.717, 1.165) is 0 Å². The van der Waals surface area contributed by atoms with E-state index in [1.54, 1.807) is 6.07 Å². The molecule has 0 saturated heterocycles. The molecule has 0 bridgehead atoms. The molecule has 0 aliphatic rings. The molecule has 0 aliphatic carbocycles. The molecule has 0 fully saturated rings. The fraction of sp³-hybridized carbons (Fsp3) is 0.500. The van der Waals surface area contributed by atoms with Gasteiger partial charge in [-0.25, -0.2) is 0 Å². The predicted molar refractivity (Wildman–Crippen MR) is 64.4 cm³/mol. The van der Waals surface area contributed by atoms with Crippen LogP contribution in [0.2, 0.25) is 0 Å². The third kappa shape index (κ3) is 4.40. The molecule has 0 aliphatic heterocycles. The van der Waals surface area contributed by atoms with Crippen LogP contribution in [0.1, 0.15) is 30.7 Å². The first kappa shape index (κ1) is 14.6. The number of aliphatic hydroxyl groups excluding tert-OH is 3. The van der Waals surface area contributed by atoms with Gasteiger partial charge in [-0.05, 0) is 24.1 Å². The minimum atomic E-state index is -1.13. The molecule has 1 rings (SSSR count). The fourth-order valence-corrected chi connectivity index (χ4v) is 1.51. The van der Waals surface area contributed by atoms with Crippen LogP contribution in [0.5, 0.6) is 0 Å². The molecular formula is C12H18N2O4. The van der Waals surface area contributed by atoms with Gasteiger partial charge in [-0.3, -0.25) is 9.78 Å². The maximum atomic E-state index is 10.7. The molecule has 1 amide bonds. The molecule has 6 nitrogen and oxygen atoms in total. The largest absolute Gasteiger partial charge is 0.392 e. The summed E-state index contributed by atoms with van der Waals surface area (Å²) in [5.41, 5.74) is 0.921. The van der Waals surface area contributed by atoms with E-state index >= 15 is 0 Å². The van der Waals surface area contributed by atoms with Gasteiger partial charge in [0.15, 0.2) is 0 Å². The highest BCUT2D eigenvalue weighted by atomic mass is 16.3. The highest BCUT2D eigenvalue weighted by Crippen LogP contribution is 2.17. The van der Waals surface area contributed by atoms with E-state index < -0.39 is 12.2 Å². The summed E-state index contributed by atoms with van der Waals surface area (Å²) in [4.78, 5) is 14.6. The number of aliphatic hydroxyl groups is 3. The van der Waals surface area contributed by atoms with Gasteiger partial charge < -0.3 is 20.6 Å². The summed E-state index contributed by atoms with van der Waals surface area (Å²) in [6.45, 7) is 1.52. The van der Waals surface area contributed by atoms with Gasteiger partial charge in [0.2, 0.25) is 5.91 Å². The number of nitrogens with one attached hydrogen (secondary N) is 1. The lowest BCUT2D eigenvalue weighted by molar-refractivity contribution is -0.119. The van der Waals surface area contributed by atoms with Crippen molar-refractivity contribution in [3.8, 4) is 0 Å². The summed E-state index contributed by atoms with van der Waals surface area (Å²) in [5, 5.41) is 31.1. The maximum absolute atomic E-state index is 10.7. The van der Waals surface area contributed by atoms with E-state index in [1.807, 2.05) is 0 Å². The number of carbonyl (C=O) groups excluding carboxylic acids is 1. The Morgan fingerprint density at radius 1 is 1.50 bits per heavy atom. The number of amides is 1. The van der Waals surface area contributed by atoms with Gasteiger partial charge in [0.25, 0.3) is 0 Å². The van der Waals surface area contributed by atoms with E-state index in [1.165, 1.54) is 19.2 Å². The van der Waals surface area contributed by atoms with Gasteiger partial charge in [-0.1, -0.05) is 0 Å². The van der Waals surface area contributed by atoms with E-state index in [2.05, 4.69) is 10.3 Å². The van der Waals surface area contributed by atoms with Crippen molar-refractivity contribution in [1.29, 1.82) is 0 Å². The Bertz CT molecular complexity index is 397. The minimum Gasteiger partial charge on any atom is -0.392 e. The second kappa shape index (κ2) is 7.05. The van der Waals surface area contributed by atoms with Crippen LogP contribution in [0.25, 0.3) is 0 Å². The van der Waals surface area contributed by atoms with Crippen LogP contribution in [0.15, 0.2) is 18.3 Å². The Hall–Kier alpha value is -1.50. The average molecular weight is 254 g/mol. The number of hydrogen-bond acceptors (Lipinski definition) is 5. The van der Waals surface area contributed by atoms with Gasteiger partial charge in [-0.15, -0.1) is 0 Å². The van der Waals surface area contributed by atoms with Crippen molar-refractivity contribution in [2.75, 3.05) is 6.54 Å². The van der Waals surface area contributed by atoms with Gasteiger partial charge in [-0.2, -0.15) is 0 Å². The van der Waals surface area contributed by atoms with Crippen molar-refractivity contribution in [2.24, 2.45) is 0 Å². The van der Waals surface area contributed by atoms with E-state index in [9.17, 15) is 15.0 Å². The molecule has 1 aromatic rings. The number of pyridine rings is 1. The first-order valence-electron chi connectivity index (χ1n) is 5.71. The smallest absolute Gasteiger partial charge is 0.216 e. The molecule has 0 spiro atoms. The van der Waals surface area contributed by atoms with Crippen molar-refractivity contribution in [1.82, 2.24) is 10.3 Å². The number of nitrogens with zero attached hydrogens (tertiary/aromatic N) is 1. The molecule has 100 valence electrons. The Morgan fingerprint density at radius 2 is 2.22 bits per heavy atom. The van der Waals surface area contributed by atoms with E-state index in [0.29, 0.717) is 11.3 Å². The van der Waals surface area contributed by atoms with Crippen LogP contribution >= 0.6 is 0 Å². The minimum absolute atomic E-state index is 0.149. The Kier molecular flexibility index (Phi) is 5.70. The zero-order valence-electron chi connectivity index (χ0n) is 10.2. The van der Waals surface area contributed by atoms with E-state index in [-0.39, 0.29) is 25.5 Å². The third-order valence-corrected chi connectivity index (χ3v) is 2.51. The first-order valence-corrected chi connectivity index (χ1v) is 5.71. The summed E-state index contributed by atoms with van der Waals surface area (Å²) in [6, 6.07) is 3.16. The first-order chi connectivity index (χ1) is 8.54. The van der Waals surface area contributed by atoms with Crippen LogP contribution in [0, 0.1) is 0 Å². The van der Waals surface area contributed by atoms with Crippen LogP contribution in [-0.2, 0) is 11.4 Å². The van der Waals surface area contributed by atoms with Gasteiger partial charge in [0.05, 0.1) is 18.4 Å². The molecule has 0 saturated carbocycles. The molecule has 4 N–H and O–H groups in total. The van der Waals surface area contributed by atoms with E-state index in [4.69, 9.17) is 5.11 Å². The van der Waals surface area contributed by atoms with Crippen LogP contribution in [0.3, 0.4) is 0 Å². The maximum Gasteiger partial charge on any atom is 0.216 e. The second-order valence-electron chi connectivity index (χ2n) is 4.03. The Morgan fingerprint density at radius 3 is 2.83 bits per heavy atom. The van der Waals surface area contributed by atoms with Crippen molar-refractivity contribution in [3.05, 3.63) is 29.6 Å². The second-order valence-corrected chi connectivity index (χ2v) is 4.03. The standard InChI is InChI=1S/C12H18N2O4/c1-8(16)13-5-3-11(17)12(18)10-6-9(7-15)2-4-14-10/h2,4,6,11-12,15,17-18H,3,5,7H2,1H3,(H,13,16).